The number of halogens is 1. The van der Waals surface area contributed by atoms with Crippen LogP contribution in [0, 0.1) is 0 Å². The average Bonchev–Trinajstić information content (AvgIpc) is 3.20. The molecular formula is C12H15BrN2O4S. The number of benzene rings is 1. The fourth-order valence-corrected chi connectivity index (χ4v) is 3.63. The highest BCUT2D eigenvalue weighted by molar-refractivity contribution is 9.10. The van der Waals surface area contributed by atoms with Gasteiger partial charge in [0.2, 0.25) is 0 Å². The maximum absolute atomic E-state index is 12.1. The van der Waals surface area contributed by atoms with Crippen molar-refractivity contribution in [3.05, 3.63) is 34.3 Å². The predicted octanol–water partition coefficient (Wildman–Crippen LogP) is 1.50. The van der Waals surface area contributed by atoms with Gasteiger partial charge in [-0.2, -0.15) is 17.4 Å². The fourth-order valence-electron chi connectivity index (χ4n) is 1.82. The second-order valence-electron chi connectivity index (χ2n) is 4.66. The summed E-state index contributed by atoms with van der Waals surface area (Å²) in [7, 11) is -2.37. The molecule has 0 aromatic heterocycles. The number of carbonyl (C=O) groups is 1. The largest absolute Gasteiger partial charge is 0.480 e. The summed E-state index contributed by atoms with van der Waals surface area (Å²) in [6.07, 6.45) is 1.62. The maximum atomic E-state index is 12.1. The van der Waals surface area contributed by atoms with Gasteiger partial charge < -0.3 is 5.11 Å². The highest BCUT2D eigenvalue weighted by Crippen LogP contribution is 2.29. The molecule has 0 bridgehead atoms. The van der Waals surface area contributed by atoms with Crippen molar-refractivity contribution >= 4 is 32.1 Å². The van der Waals surface area contributed by atoms with Gasteiger partial charge in [-0.05, 0) is 24.5 Å². The monoisotopic (exact) mass is 362 g/mol. The van der Waals surface area contributed by atoms with Gasteiger partial charge in [-0.1, -0.05) is 34.1 Å². The topological polar surface area (TPSA) is 86.7 Å². The van der Waals surface area contributed by atoms with E-state index in [1.807, 2.05) is 0 Å². The molecule has 1 aromatic rings. The molecular weight excluding hydrogens is 348 g/mol. The molecule has 1 atom stereocenters. The van der Waals surface area contributed by atoms with Crippen LogP contribution in [0.5, 0.6) is 0 Å². The highest BCUT2D eigenvalue weighted by Gasteiger charge is 2.37. The Hall–Kier alpha value is -0.960. The molecule has 0 aliphatic heterocycles. The maximum Gasteiger partial charge on any atom is 0.326 e. The summed E-state index contributed by atoms with van der Waals surface area (Å²) >= 11 is 3.24. The lowest BCUT2D eigenvalue weighted by Crippen LogP contribution is -2.43. The Bertz CT molecular complexity index is 616. The lowest BCUT2D eigenvalue weighted by Gasteiger charge is -2.21. The van der Waals surface area contributed by atoms with Crippen LogP contribution >= 0.6 is 15.9 Å². The van der Waals surface area contributed by atoms with Crippen molar-refractivity contribution in [3.63, 3.8) is 0 Å². The summed E-state index contributed by atoms with van der Waals surface area (Å²) in [5.41, 5.74) is 0.368. The molecule has 0 radical (unpaired) electrons. The van der Waals surface area contributed by atoms with Crippen LogP contribution in [0.25, 0.3) is 0 Å². The Kier molecular flexibility index (Phi) is 4.48. The third-order valence-electron chi connectivity index (χ3n) is 3.17. The first kappa shape index (κ1) is 15.4. The van der Waals surface area contributed by atoms with Crippen LogP contribution in [0.2, 0.25) is 0 Å². The quantitative estimate of drug-likeness (QED) is 0.802. The zero-order valence-corrected chi connectivity index (χ0v) is 13.2. The molecule has 1 aliphatic carbocycles. The second kappa shape index (κ2) is 5.80. The summed E-state index contributed by atoms with van der Waals surface area (Å²) in [4.78, 5) is 11.4. The highest BCUT2D eigenvalue weighted by atomic mass is 79.9. The first-order chi connectivity index (χ1) is 9.33. The van der Waals surface area contributed by atoms with E-state index in [0.717, 1.165) is 12.8 Å². The van der Waals surface area contributed by atoms with Crippen molar-refractivity contribution in [1.82, 2.24) is 9.03 Å². The van der Waals surface area contributed by atoms with E-state index in [9.17, 15) is 18.3 Å². The van der Waals surface area contributed by atoms with Crippen LogP contribution in [0.3, 0.4) is 0 Å². The SMILES string of the molecule is CN(C1CC1)S(=O)(=O)NC(C(=O)O)c1ccccc1Br. The van der Waals surface area contributed by atoms with Gasteiger partial charge in [0, 0.05) is 17.6 Å². The molecule has 1 aromatic carbocycles. The molecule has 0 saturated heterocycles. The number of carboxylic acids is 1. The van der Waals surface area contributed by atoms with Gasteiger partial charge in [-0.25, -0.2) is 0 Å². The van der Waals surface area contributed by atoms with Gasteiger partial charge >= 0.3 is 5.97 Å². The van der Waals surface area contributed by atoms with Gasteiger partial charge in [-0.15, -0.1) is 0 Å². The van der Waals surface area contributed by atoms with Crippen molar-refractivity contribution in [2.75, 3.05) is 7.05 Å². The van der Waals surface area contributed by atoms with Crippen molar-refractivity contribution < 1.29 is 18.3 Å². The van der Waals surface area contributed by atoms with E-state index in [1.54, 1.807) is 24.3 Å². The molecule has 0 spiro atoms. The standard InChI is InChI=1S/C12H15BrN2O4S/c1-15(8-6-7-8)20(18,19)14-11(12(16)17)9-4-2-3-5-10(9)13/h2-5,8,11,14H,6-7H2,1H3,(H,16,17). The summed E-state index contributed by atoms with van der Waals surface area (Å²) in [6.45, 7) is 0. The first-order valence-electron chi connectivity index (χ1n) is 6.05. The lowest BCUT2D eigenvalue weighted by molar-refractivity contribution is -0.139. The summed E-state index contributed by atoms with van der Waals surface area (Å²) in [5, 5.41) is 9.28. The number of aliphatic carboxylic acids is 1. The van der Waals surface area contributed by atoms with Crippen LogP contribution in [0.4, 0.5) is 0 Å². The minimum absolute atomic E-state index is 0.0267. The molecule has 20 heavy (non-hydrogen) atoms. The van der Waals surface area contributed by atoms with Crippen LogP contribution in [0.1, 0.15) is 24.4 Å². The van der Waals surface area contributed by atoms with Crippen molar-refractivity contribution in [2.24, 2.45) is 0 Å². The Labute approximate surface area is 126 Å². The van der Waals surface area contributed by atoms with E-state index in [-0.39, 0.29) is 6.04 Å². The molecule has 1 aliphatic rings. The number of nitrogens with zero attached hydrogens (tertiary/aromatic N) is 1. The Balaban J connectivity index is 2.27. The first-order valence-corrected chi connectivity index (χ1v) is 8.29. The van der Waals surface area contributed by atoms with Crippen LogP contribution in [0.15, 0.2) is 28.7 Å². The number of nitrogens with one attached hydrogen (secondary N) is 1. The average molecular weight is 363 g/mol. The minimum atomic E-state index is -3.82. The number of rotatable bonds is 6. The Morgan fingerprint density at radius 2 is 2.05 bits per heavy atom. The molecule has 1 unspecified atom stereocenters. The summed E-state index contributed by atoms with van der Waals surface area (Å²) in [5.74, 6) is -1.25. The minimum Gasteiger partial charge on any atom is -0.480 e. The van der Waals surface area contributed by atoms with Crippen molar-refractivity contribution in [1.29, 1.82) is 0 Å². The van der Waals surface area contributed by atoms with E-state index in [1.165, 1.54) is 11.4 Å². The Morgan fingerprint density at radius 1 is 1.45 bits per heavy atom. The molecule has 0 amide bonds. The molecule has 2 rings (SSSR count). The van der Waals surface area contributed by atoms with E-state index in [4.69, 9.17) is 0 Å². The van der Waals surface area contributed by atoms with E-state index < -0.39 is 22.2 Å². The Morgan fingerprint density at radius 3 is 2.55 bits per heavy atom. The molecule has 2 N–H and O–H groups in total. The van der Waals surface area contributed by atoms with Crippen molar-refractivity contribution in [2.45, 2.75) is 24.9 Å². The zero-order chi connectivity index (χ0) is 14.9. The second-order valence-corrected chi connectivity index (χ2v) is 7.28. The van der Waals surface area contributed by atoms with Gasteiger partial charge in [0.05, 0.1) is 0 Å². The molecule has 0 heterocycles. The van der Waals surface area contributed by atoms with Gasteiger partial charge in [0.25, 0.3) is 10.2 Å². The third kappa shape index (κ3) is 3.38. The molecule has 8 heteroatoms. The van der Waals surface area contributed by atoms with Gasteiger partial charge in [0.15, 0.2) is 0 Å². The van der Waals surface area contributed by atoms with Gasteiger partial charge in [0.1, 0.15) is 6.04 Å². The van der Waals surface area contributed by atoms with E-state index in [2.05, 4.69) is 20.7 Å². The van der Waals surface area contributed by atoms with Gasteiger partial charge in [-0.3, -0.25) is 4.79 Å². The summed E-state index contributed by atoms with van der Waals surface area (Å²) < 4.78 is 28.3. The van der Waals surface area contributed by atoms with Crippen molar-refractivity contribution in [3.8, 4) is 0 Å². The normalized spacial score (nSPS) is 17.1. The number of carboxylic acid groups (broad SMARTS) is 1. The van der Waals surface area contributed by atoms with Crippen LogP contribution in [-0.2, 0) is 15.0 Å². The third-order valence-corrected chi connectivity index (χ3v) is 5.48. The summed E-state index contributed by atoms with van der Waals surface area (Å²) in [6, 6.07) is 5.29. The zero-order valence-electron chi connectivity index (χ0n) is 10.8. The van der Waals surface area contributed by atoms with E-state index >= 15 is 0 Å². The molecule has 1 fully saturated rings. The van der Waals surface area contributed by atoms with Crippen LogP contribution in [-0.4, -0.2) is 36.9 Å². The molecule has 1 saturated carbocycles. The van der Waals surface area contributed by atoms with Crippen LogP contribution < -0.4 is 4.72 Å². The smallest absolute Gasteiger partial charge is 0.326 e. The number of hydrogen-bond donors (Lipinski definition) is 2. The lowest BCUT2D eigenvalue weighted by atomic mass is 10.1. The predicted molar refractivity (Wildman–Crippen MR) is 77.4 cm³/mol. The molecule has 6 nitrogen and oxygen atoms in total. The molecule has 110 valence electrons. The fraction of sp³-hybridized carbons (Fsp3) is 0.417. The van der Waals surface area contributed by atoms with E-state index in [0.29, 0.717) is 10.0 Å². The number of hydrogen-bond acceptors (Lipinski definition) is 3.